The average Bonchev–Trinajstić information content (AvgIpc) is 2.69. The van der Waals surface area contributed by atoms with E-state index in [-0.39, 0.29) is 35.3 Å². The molecule has 0 fully saturated rings. The van der Waals surface area contributed by atoms with Crippen molar-refractivity contribution in [2.24, 2.45) is 10.7 Å². The first-order chi connectivity index (χ1) is 8.06. The highest BCUT2D eigenvalue weighted by Crippen LogP contribution is 2.32. The first kappa shape index (κ1) is 15.3. The molecule has 0 aliphatic carbocycles. The van der Waals surface area contributed by atoms with Gasteiger partial charge in [0.2, 0.25) is 10.0 Å². The van der Waals surface area contributed by atoms with Crippen molar-refractivity contribution in [3.05, 3.63) is 18.2 Å². The van der Waals surface area contributed by atoms with Crippen LogP contribution >= 0.6 is 12.4 Å². The zero-order valence-electron chi connectivity index (χ0n) is 9.20. The maximum absolute atomic E-state index is 11.9. The number of hydrogen-bond acceptors (Lipinski definition) is 5. The van der Waals surface area contributed by atoms with Crippen molar-refractivity contribution in [2.75, 3.05) is 13.1 Å². The number of fused-ring (bicyclic) bond motifs is 1. The standard InChI is InChI=1S/C9H11N3O3S2.ClH/c10-4-5-12-17(14,15)8-3-1-2-7-9(8)16(13)6-11-7;/h1-3,6,12H,4-5,10H2;1H. The lowest BCUT2D eigenvalue weighted by Gasteiger charge is -2.08. The number of nitrogens with one attached hydrogen (secondary N) is 1. The maximum Gasteiger partial charge on any atom is 0.241 e. The first-order valence-electron chi connectivity index (χ1n) is 4.84. The van der Waals surface area contributed by atoms with Crippen LogP contribution in [0.4, 0.5) is 5.69 Å². The number of halogens is 1. The van der Waals surface area contributed by atoms with Gasteiger partial charge in [-0.2, -0.15) is 0 Å². The Morgan fingerprint density at radius 3 is 2.78 bits per heavy atom. The lowest BCUT2D eigenvalue weighted by molar-refractivity contribution is 0.579. The van der Waals surface area contributed by atoms with E-state index in [4.69, 9.17) is 5.73 Å². The Balaban J connectivity index is 0.00000162. The third-order valence-electron chi connectivity index (χ3n) is 2.17. The summed E-state index contributed by atoms with van der Waals surface area (Å²) in [6.45, 7) is 0.341. The van der Waals surface area contributed by atoms with Gasteiger partial charge in [-0.25, -0.2) is 22.3 Å². The molecule has 100 valence electrons. The SMILES string of the molecule is Cl.NCCNS(=O)(=O)c1cccc2c1S(=O)C=N2. The van der Waals surface area contributed by atoms with Gasteiger partial charge in [0.15, 0.2) is 0 Å². The van der Waals surface area contributed by atoms with Gasteiger partial charge < -0.3 is 5.73 Å². The largest absolute Gasteiger partial charge is 0.329 e. The van der Waals surface area contributed by atoms with E-state index in [9.17, 15) is 12.6 Å². The normalized spacial score (nSPS) is 17.3. The molecule has 3 N–H and O–H groups in total. The van der Waals surface area contributed by atoms with Crippen molar-refractivity contribution in [3.8, 4) is 0 Å². The smallest absolute Gasteiger partial charge is 0.241 e. The molecule has 2 rings (SSSR count). The number of rotatable bonds is 4. The van der Waals surface area contributed by atoms with Crippen LogP contribution in [0, 0.1) is 0 Å². The number of nitrogens with two attached hydrogens (primary N) is 1. The molecular formula is C9H12ClN3O3S2. The van der Waals surface area contributed by atoms with E-state index < -0.39 is 20.8 Å². The van der Waals surface area contributed by atoms with Gasteiger partial charge in [0, 0.05) is 13.1 Å². The molecule has 1 aromatic rings. The quantitative estimate of drug-likeness (QED) is 0.825. The highest BCUT2D eigenvalue weighted by molar-refractivity contribution is 7.99. The summed E-state index contributed by atoms with van der Waals surface area (Å²) in [4.78, 5) is 4.13. The van der Waals surface area contributed by atoms with Crippen LogP contribution in [0.25, 0.3) is 0 Å². The summed E-state index contributed by atoms with van der Waals surface area (Å²) in [6.07, 6.45) is 0. The van der Waals surface area contributed by atoms with E-state index in [1.54, 1.807) is 12.1 Å². The van der Waals surface area contributed by atoms with Gasteiger partial charge in [-0.1, -0.05) is 6.07 Å². The zero-order valence-corrected chi connectivity index (χ0v) is 11.6. The summed E-state index contributed by atoms with van der Waals surface area (Å²) in [7, 11) is -5.19. The van der Waals surface area contributed by atoms with Gasteiger partial charge in [-0.05, 0) is 12.1 Å². The van der Waals surface area contributed by atoms with Crippen molar-refractivity contribution < 1.29 is 12.6 Å². The Kier molecular flexibility index (Phi) is 5.00. The summed E-state index contributed by atoms with van der Waals surface area (Å²) >= 11 is 0. The minimum absolute atomic E-state index is 0. The molecule has 0 aromatic heterocycles. The Morgan fingerprint density at radius 1 is 1.39 bits per heavy atom. The molecule has 18 heavy (non-hydrogen) atoms. The second-order valence-electron chi connectivity index (χ2n) is 3.32. The topological polar surface area (TPSA) is 102 Å². The maximum atomic E-state index is 11.9. The molecule has 1 unspecified atom stereocenters. The van der Waals surface area contributed by atoms with Crippen LogP contribution in [0.5, 0.6) is 0 Å². The van der Waals surface area contributed by atoms with Crippen LogP contribution in [0.1, 0.15) is 0 Å². The van der Waals surface area contributed by atoms with Gasteiger partial charge in [-0.3, -0.25) is 0 Å². The van der Waals surface area contributed by atoms with Crippen molar-refractivity contribution >= 4 is 44.5 Å². The fourth-order valence-corrected chi connectivity index (χ4v) is 4.08. The van der Waals surface area contributed by atoms with E-state index >= 15 is 0 Å². The molecule has 0 spiro atoms. The molecule has 6 nitrogen and oxygen atoms in total. The van der Waals surface area contributed by atoms with E-state index in [2.05, 4.69) is 9.71 Å². The molecule has 1 atom stereocenters. The fraction of sp³-hybridized carbons (Fsp3) is 0.222. The van der Waals surface area contributed by atoms with Crippen LogP contribution in [0.3, 0.4) is 0 Å². The number of benzene rings is 1. The molecule has 1 heterocycles. The average molecular weight is 310 g/mol. The van der Waals surface area contributed by atoms with E-state index in [0.29, 0.717) is 5.69 Å². The third-order valence-corrected chi connectivity index (χ3v) is 4.93. The first-order valence-corrected chi connectivity index (χ1v) is 7.53. The van der Waals surface area contributed by atoms with Gasteiger partial charge in [0.1, 0.15) is 4.90 Å². The summed E-state index contributed by atoms with van der Waals surface area (Å²) in [5.41, 5.74) is 6.90. The molecule has 1 aliphatic heterocycles. The molecule has 0 saturated carbocycles. The zero-order chi connectivity index (χ0) is 12.5. The number of aliphatic imine (C=N–C) groups is 1. The van der Waals surface area contributed by atoms with Crippen LogP contribution in [0.2, 0.25) is 0 Å². The summed E-state index contributed by atoms with van der Waals surface area (Å²) in [6, 6.07) is 4.60. The second kappa shape index (κ2) is 5.89. The number of sulfonamides is 1. The third kappa shape index (κ3) is 2.78. The number of hydrogen-bond donors (Lipinski definition) is 2. The van der Waals surface area contributed by atoms with Gasteiger partial charge in [0.05, 0.1) is 26.9 Å². The van der Waals surface area contributed by atoms with Gasteiger partial charge in [-0.15, -0.1) is 12.4 Å². The van der Waals surface area contributed by atoms with E-state index in [0.717, 1.165) is 0 Å². The van der Waals surface area contributed by atoms with Crippen molar-refractivity contribution in [1.82, 2.24) is 4.72 Å². The predicted molar refractivity (Wildman–Crippen MR) is 72.5 cm³/mol. The van der Waals surface area contributed by atoms with Crippen molar-refractivity contribution in [2.45, 2.75) is 9.79 Å². The molecule has 0 saturated heterocycles. The van der Waals surface area contributed by atoms with Crippen molar-refractivity contribution in [1.29, 1.82) is 0 Å². The minimum atomic E-state index is -3.68. The van der Waals surface area contributed by atoms with Crippen LogP contribution in [0.15, 0.2) is 33.0 Å². The lowest BCUT2D eigenvalue weighted by Crippen LogP contribution is -2.29. The molecule has 0 bridgehead atoms. The van der Waals surface area contributed by atoms with Gasteiger partial charge >= 0.3 is 0 Å². The van der Waals surface area contributed by atoms with Gasteiger partial charge in [0.25, 0.3) is 0 Å². The Bertz CT molecular complexity index is 601. The fourth-order valence-electron chi connectivity index (χ4n) is 1.45. The molecule has 0 radical (unpaired) electrons. The van der Waals surface area contributed by atoms with Crippen LogP contribution in [-0.2, 0) is 20.8 Å². The molecule has 1 aliphatic rings. The minimum Gasteiger partial charge on any atom is -0.329 e. The Morgan fingerprint density at radius 2 is 2.11 bits per heavy atom. The second-order valence-corrected chi connectivity index (χ2v) is 6.27. The highest BCUT2D eigenvalue weighted by atomic mass is 35.5. The molecule has 0 amide bonds. The highest BCUT2D eigenvalue weighted by Gasteiger charge is 2.26. The summed E-state index contributed by atoms with van der Waals surface area (Å²) < 4.78 is 37.9. The molecular weight excluding hydrogens is 298 g/mol. The van der Waals surface area contributed by atoms with E-state index in [1.165, 1.54) is 11.6 Å². The Hall–Kier alpha value is -0.800. The molecule has 1 aromatic carbocycles. The summed E-state index contributed by atoms with van der Waals surface area (Å²) in [5, 5.41) is 0. The number of nitrogens with zero attached hydrogens (tertiary/aromatic N) is 1. The van der Waals surface area contributed by atoms with E-state index in [1.807, 2.05) is 0 Å². The van der Waals surface area contributed by atoms with Crippen LogP contribution in [-0.4, -0.2) is 31.3 Å². The molecule has 9 heteroatoms. The monoisotopic (exact) mass is 309 g/mol. The lowest BCUT2D eigenvalue weighted by atomic mass is 10.3. The summed E-state index contributed by atoms with van der Waals surface area (Å²) in [5.74, 6) is 0. The van der Waals surface area contributed by atoms with Crippen LogP contribution < -0.4 is 10.5 Å². The Labute approximate surface area is 114 Å². The predicted octanol–water partition coefficient (Wildman–Crippen LogP) is 0.126. The van der Waals surface area contributed by atoms with Crippen molar-refractivity contribution in [3.63, 3.8) is 0 Å².